The summed E-state index contributed by atoms with van der Waals surface area (Å²) in [7, 11) is 0. The monoisotopic (exact) mass is 334 g/mol. The van der Waals surface area contributed by atoms with E-state index in [1.54, 1.807) is 38.1 Å². The summed E-state index contributed by atoms with van der Waals surface area (Å²) in [5.74, 6) is -0.370. The first-order valence-corrected chi connectivity index (χ1v) is 7.90. The van der Waals surface area contributed by atoms with E-state index in [1.807, 2.05) is 20.8 Å². The van der Waals surface area contributed by atoms with Gasteiger partial charge in [-0.15, -0.1) is 0 Å². The highest BCUT2D eigenvalue weighted by Gasteiger charge is 2.20. The third-order valence-electron chi connectivity index (χ3n) is 2.96. The van der Waals surface area contributed by atoms with Gasteiger partial charge in [0, 0.05) is 23.3 Å². The fraction of sp³-hybridized carbons (Fsp3) is 0.471. The van der Waals surface area contributed by atoms with Gasteiger partial charge in [-0.2, -0.15) is 0 Å². The lowest BCUT2D eigenvalue weighted by molar-refractivity contribution is -0.124. The molecule has 0 saturated carbocycles. The smallest absolute Gasteiger partial charge is 0.319 e. The zero-order chi connectivity index (χ0) is 18.3. The Morgan fingerprint density at radius 3 is 2.21 bits per heavy atom. The lowest BCUT2D eigenvalue weighted by Gasteiger charge is -2.23. The molecule has 1 aromatic carbocycles. The van der Waals surface area contributed by atoms with Gasteiger partial charge in [-0.05, 0) is 45.9 Å². The molecule has 0 aliphatic heterocycles. The Hall–Kier alpha value is -2.57. The Morgan fingerprint density at radius 2 is 1.67 bits per heavy atom. The number of urea groups is 1. The van der Waals surface area contributed by atoms with Crippen molar-refractivity contribution >= 4 is 29.2 Å². The number of rotatable bonds is 5. The van der Waals surface area contributed by atoms with E-state index < -0.39 is 12.1 Å². The van der Waals surface area contributed by atoms with Crippen molar-refractivity contribution in [2.45, 2.75) is 52.6 Å². The highest BCUT2D eigenvalue weighted by molar-refractivity contribution is 5.95. The molecule has 0 heterocycles. The van der Waals surface area contributed by atoms with Crippen LogP contribution in [0.3, 0.4) is 0 Å². The quantitative estimate of drug-likeness (QED) is 0.665. The average molecular weight is 334 g/mol. The summed E-state index contributed by atoms with van der Waals surface area (Å²) in [5.41, 5.74) is 0.748. The second-order valence-corrected chi connectivity index (χ2v) is 6.54. The van der Waals surface area contributed by atoms with E-state index in [4.69, 9.17) is 0 Å². The summed E-state index contributed by atoms with van der Waals surface area (Å²) in [6, 6.07) is 5.62. The van der Waals surface area contributed by atoms with Crippen LogP contribution in [0.5, 0.6) is 0 Å². The van der Waals surface area contributed by atoms with Crippen LogP contribution in [0.1, 0.15) is 41.0 Å². The lowest BCUT2D eigenvalue weighted by Crippen LogP contribution is -2.51. The van der Waals surface area contributed by atoms with Crippen molar-refractivity contribution in [1.29, 1.82) is 0 Å². The fourth-order valence-corrected chi connectivity index (χ4v) is 1.83. The molecule has 0 unspecified atom stereocenters. The number of carbonyl (C=O) groups excluding carboxylic acids is 3. The normalized spacial score (nSPS) is 12.0. The van der Waals surface area contributed by atoms with Crippen molar-refractivity contribution in [3.05, 3.63) is 24.3 Å². The van der Waals surface area contributed by atoms with Gasteiger partial charge in [0.15, 0.2) is 0 Å². The Labute approximate surface area is 142 Å². The van der Waals surface area contributed by atoms with Crippen LogP contribution in [-0.4, -0.2) is 29.4 Å². The first-order valence-electron chi connectivity index (χ1n) is 7.90. The maximum absolute atomic E-state index is 12.0. The molecule has 0 fully saturated rings. The molecule has 0 aromatic heterocycles. The van der Waals surface area contributed by atoms with Gasteiger partial charge < -0.3 is 21.3 Å². The molecule has 1 rings (SSSR count). The number of amides is 4. The topological polar surface area (TPSA) is 99.3 Å². The van der Waals surface area contributed by atoms with Crippen LogP contribution in [0.4, 0.5) is 16.2 Å². The molecule has 1 aromatic rings. The van der Waals surface area contributed by atoms with E-state index in [9.17, 15) is 14.4 Å². The molecule has 132 valence electrons. The summed E-state index contributed by atoms with van der Waals surface area (Å²) < 4.78 is 0. The predicted molar refractivity (Wildman–Crippen MR) is 94.9 cm³/mol. The van der Waals surface area contributed by atoms with Crippen molar-refractivity contribution in [3.8, 4) is 0 Å². The molecule has 7 nitrogen and oxygen atoms in total. The summed E-state index contributed by atoms with van der Waals surface area (Å²) in [5, 5.41) is 10.7. The maximum atomic E-state index is 12.0. The summed E-state index contributed by atoms with van der Waals surface area (Å²) in [4.78, 5) is 35.3. The van der Waals surface area contributed by atoms with Crippen molar-refractivity contribution < 1.29 is 14.4 Å². The Balaban J connectivity index is 2.60. The maximum Gasteiger partial charge on any atom is 0.319 e. The first kappa shape index (κ1) is 19.5. The zero-order valence-corrected chi connectivity index (χ0v) is 14.8. The van der Waals surface area contributed by atoms with Gasteiger partial charge in [-0.3, -0.25) is 9.59 Å². The molecule has 4 N–H and O–H groups in total. The standard InChI is InChI=1S/C17H26N4O3/c1-6-14(22)19-12-8-7-9-13(10-12)20-16(24)18-11(2)15(23)21-17(3,4)5/h7-11H,6H2,1-5H3,(H,19,22)(H,21,23)(H2,18,20,24)/t11-/m1/s1. The van der Waals surface area contributed by atoms with E-state index in [-0.39, 0.29) is 17.4 Å². The number of benzene rings is 1. The first-order chi connectivity index (χ1) is 11.1. The SMILES string of the molecule is CCC(=O)Nc1cccc(NC(=O)N[C@H](C)C(=O)NC(C)(C)C)c1. The molecule has 0 aliphatic rings. The molecule has 0 bridgehead atoms. The molecule has 0 saturated heterocycles. The summed E-state index contributed by atoms with van der Waals surface area (Å²) in [6.07, 6.45) is 0.374. The third kappa shape index (κ3) is 7.13. The lowest BCUT2D eigenvalue weighted by atomic mass is 10.1. The number of nitrogens with one attached hydrogen (secondary N) is 4. The van der Waals surface area contributed by atoms with E-state index in [0.717, 1.165) is 0 Å². The molecule has 0 spiro atoms. The molecule has 4 amide bonds. The minimum Gasteiger partial charge on any atom is -0.350 e. The molecule has 0 aliphatic carbocycles. The molecule has 0 radical (unpaired) electrons. The summed E-state index contributed by atoms with van der Waals surface area (Å²) in [6.45, 7) is 8.97. The number of carbonyl (C=O) groups is 3. The van der Waals surface area contributed by atoms with Crippen LogP contribution in [-0.2, 0) is 9.59 Å². The van der Waals surface area contributed by atoms with E-state index in [1.165, 1.54) is 0 Å². The van der Waals surface area contributed by atoms with Gasteiger partial charge in [-0.25, -0.2) is 4.79 Å². The fourth-order valence-electron chi connectivity index (χ4n) is 1.83. The highest BCUT2D eigenvalue weighted by atomic mass is 16.2. The van der Waals surface area contributed by atoms with Crippen molar-refractivity contribution in [3.63, 3.8) is 0 Å². The predicted octanol–water partition coefficient (Wildman–Crippen LogP) is 2.46. The van der Waals surface area contributed by atoms with Crippen molar-refractivity contribution in [2.75, 3.05) is 10.6 Å². The molecule has 1 atom stereocenters. The van der Waals surface area contributed by atoms with Crippen LogP contribution in [0.25, 0.3) is 0 Å². The number of hydrogen-bond acceptors (Lipinski definition) is 3. The van der Waals surface area contributed by atoms with E-state index in [0.29, 0.717) is 17.8 Å². The average Bonchev–Trinajstić information content (AvgIpc) is 2.45. The second-order valence-electron chi connectivity index (χ2n) is 6.54. The van der Waals surface area contributed by atoms with E-state index >= 15 is 0 Å². The molecular weight excluding hydrogens is 308 g/mol. The Bertz CT molecular complexity index is 608. The zero-order valence-electron chi connectivity index (χ0n) is 14.8. The molecular formula is C17H26N4O3. The minimum atomic E-state index is -0.674. The molecule has 7 heteroatoms. The van der Waals surface area contributed by atoms with Gasteiger partial charge in [0.25, 0.3) is 0 Å². The number of anilines is 2. The Morgan fingerprint density at radius 1 is 1.08 bits per heavy atom. The minimum absolute atomic E-state index is 0.107. The van der Waals surface area contributed by atoms with Gasteiger partial charge in [-0.1, -0.05) is 13.0 Å². The van der Waals surface area contributed by atoms with Crippen molar-refractivity contribution in [1.82, 2.24) is 10.6 Å². The van der Waals surface area contributed by atoms with Gasteiger partial charge >= 0.3 is 6.03 Å². The highest BCUT2D eigenvalue weighted by Crippen LogP contribution is 2.15. The van der Waals surface area contributed by atoms with Crippen LogP contribution in [0.15, 0.2) is 24.3 Å². The van der Waals surface area contributed by atoms with Gasteiger partial charge in [0.05, 0.1) is 0 Å². The summed E-state index contributed by atoms with van der Waals surface area (Å²) >= 11 is 0. The van der Waals surface area contributed by atoms with Crippen LogP contribution < -0.4 is 21.3 Å². The Kier molecular flexibility index (Phi) is 6.76. The largest absolute Gasteiger partial charge is 0.350 e. The van der Waals surface area contributed by atoms with Gasteiger partial charge in [0.1, 0.15) is 6.04 Å². The van der Waals surface area contributed by atoms with Crippen molar-refractivity contribution in [2.24, 2.45) is 0 Å². The third-order valence-corrected chi connectivity index (χ3v) is 2.96. The van der Waals surface area contributed by atoms with E-state index in [2.05, 4.69) is 21.3 Å². The van der Waals surface area contributed by atoms with Crippen LogP contribution in [0.2, 0.25) is 0 Å². The van der Waals surface area contributed by atoms with Crippen LogP contribution in [0, 0.1) is 0 Å². The molecule has 24 heavy (non-hydrogen) atoms. The van der Waals surface area contributed by atoms with Gasteiger partial charge in [0.2, 0.25) is 11.8 Å². The second kappa shape index (κ2) is 8.33. The number of hydrogen-bond donors (Lipinski definition) is 4. The van der Waals surface area contributed by atoms with Crippen LogP contribution >= 0.6 is 0 Å².